The third-order valence-electron chi connectivity index (χ3n) is 3.34. The van der Waals surface area contributed by atoms with Crippen LogP contribution in [0.5, 0.6) is 0 Å². The van der Waals surface area contributed by atoms with Crippen LogP contribution in [-0.4, -0.2) is 62.9 Å². The topological polar surface area (TPSA) is 151 Å². The number of anilines is 1. The fraction of sp³-hybridized carbons (Fsp3) is 0.438. The van der Waals surface area contributed by atoms with Crippen molar-refractivity contribution in [3.8, 4) is 0 Å². The SMILES string of the molecule is CCC(=O)Nc1ccc(C(=O)NN=C[C@H](O)[C@H](O)[C@H](O)[C@@H](C)O)cc1. The summed E-state index contributed by atoms with van der Waals surface area (Å²) in [6, 6.07) is 6.09. The highest BCUT2D eigenvalue weighted by Crippen LogP contribution is 2.10. The molecule has 0 radical (unpaired) electrons. The van der Waals surface area contributed by atoms with Gasteiger partial charge in [0.25, 0.3) is 5.91 Å². The van der Waals surface area contributed by atoms with Crippen LogP contribution >= 0.6 is 0 Å². The zero-order chi connectivity index (χ0) is 19.0. The molecule has 6 N–H and O–H groups in total. The number of hydrogen-bond acceptors (Lipinski definition) is 7. The molecule has 0 aromatic heterocycles. The number of nitrogens with one attached hydrogen (secondary N) is 2. The van der Waals surface area contributed by atoms with Crippen LogP contribution in [0.3, 0.4) is 0 Å². The number of carbonyl (C=O) groups is 2. The summed E-state index contributed by atoms with van der Waals surface area (Å²) in [5.41, 5.74) is 2.97. The monoisotopic (exact) mass is 353 g/mol. The van der Waals surface area contributed by atoms with Gasteiger partial charge in [-0.1, -0.05) is 6.92 Å². The van der Waals surface area contributed by atoms with Crippen LogP contribution in [0.15, 0.2) is 29.4 Å². The molecule has 0 unspecified atom stereocenters. The number of aliphatic hydroxyl groups is 4. The number of rotatable bonds is 8. The fourth-order valence-electron chi connectivity index (χ4n) is 1.77. The largest absolute Gasteiger partial charge is 0.391 e. The Bertz CT molecular complexity index is 602. The summed E-state index contributed by atoms with van der Waals surface area (Å²) < 4.78 is 0. The maximum Gasteiger partial charge on any atom is 0.271 e. The minimum atomic E-state index is -1.65. The van der Waals surface area contributed by atoms with E-state index in [1.807, 2.05) is 0 Å². The van der Waals surface area contributed by atoms with Gasteiger partial charge in [-0.3, -0.25) is 9.59 Å². The lowest BCUT2D eigenvalue weighted by Crippen LogP contribution is -2.44. The van der Waals surface area contributed by atoms with Crippen molar-refractivity contribution in [2.24, 2.45) is 5.10 Å². The smallest absolute Gasteiger partial charge is 0.271 e. The molecule has 0 aliphatic rings. The molecular formula is C16H23N3O6. The fourth-order valence-corrected chi connectivity index (χ4v) is 1.77. The molecule has 9 heteroatoms. The average Bonchev–Trinajstić information content (AvgIpc) is 2.60. The zero-order valence-electron chi connectivity index (χ0n) is 14.0. The Balaban J connectivity index is 2.57. The van der Waals surface area contributed by atoms with Gasteiger partial charge < -0.3 is 25.7 Å². The summed E-state index contributed by atoms with van der Waals surface area (Å²) in [5.74, 6) is -0.712. The highest BCUT2D eigenvalue weighted by molar-refractivity contribution is 5.95. The van der Waals surface area contributed by atoms with Gasteiger partial charge in [0, 0.05) is 17.7 Å². The van der Waals surface area contributed by atoms with Crippen LogP contribution in [0.25, 0.3) is 0 Å². The van der Waals surface area contributed by atoms with E-state index in [1.54, 1.807) is 19.1 Å². The van der Waals surface area contributed by atoms with Crippen molar-refractivity contribution in [1.29, 1.82) is 0 Å². The van der Waals surface area contributed by atoms with E-state index < -0.39 is 30.3 Å². The number of hydrogen-bond donors (Lipinski definition) is 6. The summed E-state index contributed by atoms with van der Waals surface area (Å²) in [7, 11) is 0. The number of aliphatic hydroxyl groups excluding tert-OH is 4. The van der Waals surface area contributed by atoms with Crippen LogP contribution in [0, 0.1) is 0 Å². The predicted molar refractivity (Wildman–Crippen MR) is 91.0 cm³/mol. The van der Waals surface area contributed by atoms with Gasteiger partial charge in [-0.2, -0.15) is 5.10 Å². The lowest BCUT2D eigenvalue weighted by molar-refractivity contribution is -0.115. The van der Waals surface area contributed by atoms with Crippen LogP contribution in [0.1, 0.15) is 30.6 Å². The second-order valence-electron chi connectivity index (χ2n) is 5.41. The molecule has 9 nitrogen and oxygen atoms in total. The lowest BCUT2D eigenvalue weighted by atomic mass is 10.1. The Morgan fingerprint density at radius 1 is 1.12 bits per heavy atom. The van der Waals surface area contributed by atoms with E-state index in [-0.39, 0.29) is 11.5 Å². The molecule has 2 amide bonds. The second kappa shape index (κ2) is 9.84. The molecule has 4 atom stereocenters. The van der Waals surface area contributed by atoms with Crippen LogP contribution in [-0.2, 0) is 4.79 Å². The standard InChI is InChI=1S/C16H23N3O6/c1-3-13(22)18-11-6-4-10(5-7-11)16(25)19-17-8-12(21)15(24)14(23)9(2)20/h4-9,12,14-15,20-21,23-24H,3H2,1-2H3,(H,18,22)(H,19,25)/t9-,12+,14-,15+/m1/s1. The normalized spacial score (nSPS) is 16.1. The van der Waals surface area contributed by atoms with Gasteiger partial charge in [0.1, 0.15) is 18.3 Å². The molecule has 25 heavy (non-hydrogen) atoms. The van der Waals surface area contributed by atoms with Crippen molar-refractivity contribution in [3.63, 3.8) is 0 Å². The van der Waals surface area contributed by atoms with Gasteiger partial charge in [-0.15, -0.1) is 0 Å². The number of carbonyl (C=O) groups excluding carboxylic acids is 2. The van der Waals surface area contributed by atoms with Crippen LogP contribution in [0.4, 0.5) is 5.69 Å². The highest BCUT2D eigenvalue weighted by atomic mass is 16.4. The van der Waals surface area contributed by atoms with Crippen molar-refractivity contribution in [1.82, 2.24) is 5.43 Å². The van der Waals surface area contributed by atoms with E-state index in [1.165, 1.54) is 19.1 Å². The quantitative estimate of drug-likeness (QED) is 0.266. The van der Waals surface area contributed by atoms with E-state index in [0.29, 0.717) is 12.1 Å². The summed E-state index contributed by atoms with van der Waals surface area (Å²) in [6.07, 6.45) is -4.83. The van der Waals surface area contributed by atoms with Gasteiger partial charge in [-0.25, -0.2) is 5.43 Å². The molecule has 0 bridgehead atoms. The molecule has 0 saturated carbocycles. The Kier molecular flexibility index (Phi) is 8.16. The van der Waals surface area contributed by atoms with Gasteiger partial charge >= 0.3 is 0 Å². The second-order valence-corrected chi connectivity index (χ2v) is 5.41. The molecule has 1 aromatic carbocycles. The van der Waals surface area contributed by atoms with Gasteiger partial charge in [0.2, 0.25) is 5.91 Å². The van der Waals surface area contributed by atoms with Crippen LogP contribution < -0.4 is 10.7 Å². The average molecular weight is 353 g/mol. The van der Waals surface area contributed by atoms with Crippen molar-refractivity contribution in [3.05, 3.63) is 29.8 Å². The minimum Gasteiger partial charge on any atom is -0.391 e. The van der Waals surface area contributed by atoms with E-state index >= 15 is 0 Å². The molecule has 0 aliphatic heterocycles. The third-order valence-corrected chi connectivity index (χ3v) is 3.34. The van der Waals surface area contributed by atoms with Gasteiger partial charge in [0.15, 0.2) is 0 Å². The van der Waals surface area contributed by atoms with Crippen LogP contribution in [0.2, 0.25) is 0 Å². The highest BCUT2D eigenvalue weighted by Gasteiger charge is 2.27. The molecule has 0 spiro atoms. The van der Waals surface area contributed by atoms with Crippen molar-refractivity contribution >= 4 is 23.7 Å². The Hall–Kier alpha value is -2.33. The molecule has 0 fully saturated rings. The number of hydrazone groups is 1. The van der Waals surface area contributed by atoms with E-state index in [9.17, 15) is 24.9 Å². The Morgan fingerprint density at radius 3 is 2.24 bits per heavy atom. The number of amides is 2. The summed E-state index contributed by atoms with van der Waals surface area (Å²) in [6.45, 7) is 2.98. The van der Waals surface area contributed by atoms with Gasteiger partial charge in [-0.05, 0) is 31.2 Å². The molecule has 1 rings (SSSR count). The molecule has 0 heterocycles. The first-order chi connectivity index (χ1) is 11.8. The lowest BCUT2D eigenvalue weighted by Gasteiger charge is -2.22. The molecule has 0 aliphatic carbocycles. The minimum absolute atomic E-state index is 0.145. The number of nitrogens with zero attached hydrogens (tertiary/aromatic N) is 1. The van der Waals surface area contributed by atoms with Crippen molar-refractivity contribution in [2.75, 3.05) is 5.32 Å². The molecular weight excluding hydrogens is 330 g/mol. The predicted octanol–water partition coefficient (Wildman–Crippen LogP) is -0.786. The van der Waals surface area contributed by atoms with Gasteiger partial charge in [0.05, 0.1) is 12.3 Å². The van der Waals surface area contributed by atoms with E-state index in [2.05, 4.69) is 15.8 Å². The number of benzene rings is 1. The van der Waals surface area contributed by atoms with E-state index in [0.717, 1.165) is 6.21 Å². The summed E-state index contributed by atoms with van der Waals surface area (Å²) in [5, 5.41) is 43.9. The summed E-state index contributed by atoms with van der Waals surface area (Å²) in [4.78, 5) is 23.1. The maximum atomic E-state index is 11.9. The first-order valence-electron chi connectivity index (χ1n) is 7.72. The van der Waals surface area contributed by atoms with Crippen molar-refractivity contribution in [2.45, 2.75) is 44.7 Å². The van der Waals surface area contributed by atoms with Crippen molar-refractivity contribution < 1.29 is 30.0 Å². The summed E-state index contributed by atoms with van der Waals surface area (Å²) >= 11 is 0. The Labute approximate surface area is 145 Å². The maximum absolute atomic E-state index is 11.9. The first kappa shape index (κ1) is 20.7. The molecule has 0 saturated heterocycles. The van der Waals surface area contributed by atoms with E-state index in [4.69, 9.17) is 5.11 Å². The third kappa shape index (κ3) is 6.59. The Morgan fingerprint density at radius 2 is 1.72 bits per heavy atom. The first-order valence-corrected chi connectivity index (χ1v) is 7.72. The molecule has 138 valence electrons. The molecule has 1 aromatic rings. The zero-order valence-corrected chi connectivity index (χ0v) is 14.0.